The molecule has 0 aliphatic rings. The largest absolute Gasteiger partial charge is 0.492 e. The second-order valence-corrected chi connectivity index (χ2v) is 8.73. The number of aryl methyl sites for hydroxylation is 1. The number of anilines is 1. The van der Waals surface area contributed by atoms with Crippen LogP contribution < -0.4 is 10.1 Å². The lowest BCUT2D eigenvalue weighted by atomic mass is 10.1. The molecule has 0 radical (unpaired) electrons. The number of nitrogens with zero attached hydrogens (tertiary/aromatic N) is 3. The molecule has 9 heteroatoms. The molecule has 0 saturated carbocycles. The topological polar surface area (TPSA) is 97.6 Å². The van der Waals surface area contributed by atoms with E-state index in [0.29, 0.717) is 29.8 Å². The number of hydrogen-bond acceptors (Lipinski definition) is 7. The van der Waals surface area contributed by atoms with Gasteiger partial charge in [-0.3, -0.25) is 0 Å². The summed E-state index contributed by atoms with van der Waals surface area (Å²) < 4.78 is 37.2. The summed E-state index contributed by atoms with van der Waals surface area (Å²) in [5, 5.41) is 7.12. The smallest absolute Gasteiger partial charge is 0.246 e. The Labute approximate surface area is 170 Å². The molecular weight excluding hydrogens is 392 g/mol. The Morgan fingerprint density at radius 2 is 1.86 bits per heavy atom. The molecule has 8 nitrogen and oxygen atoms in total. The fourth-order valence-corrected chi connectivity index (χ4v) is 3.67. The quantitative estimate of drug-likeness (QED) is 0.602. The Hall–Kier alpha value is -2.91. The van der Waals surface area contributed by atoms with Gasteiger partial charge in [-0.25, -0.2) is 12.7 Å². The van der Waals surface area contributed by atoms with Gasteiger partial charge in [0.15, 0.2) is 0 Å². The van der Waals surface area contributed by atoms with Crippen molar-refractivity contribution in [1.82, 2.24) is 14.4 Å². The van der Waals surface area contributed by atoms with Crippen molar-refractivity contribution < 1.29 is 17.7 Å². The molecule has 0 spiro atoms. The van der Waals surface area contributed by atoms with E-state index in [1.807, 2.05) is 31.2 Å². The van der Waals surface area contributed by atoms with Crippen molar-refractivity contribution in [2.45, 2.75) is 25.3 Å². The number of benzene rings is 2. The lowest BCUT2D eigenvalue weighted by Gasteiger charge is -2.16. The average Bonchev–Trinajstić information content (AvgIpc) is 3.16. The van der Waals surface area contributed by atoms with Gasteiger partial charge in [-0.1, -0.05) is 35.0 Å². The molecule has 1 heterocycles. The Bertz CT molecular complexity index is 1080. The van der Waals surface area contributed by atoms with Crippen LogP contribution in [0.4, 0.5) is 5.69 Å². The van der Waals surface area contributed by atoms with Crippen molar-refractivity contribution >= 4 is 15.7 Å². The molecule has 1 aromatic heterocycles. The van der Waals surface area contributed by atoms with E-state index in [1.54, 1.807) is 19.1 Å². The lowest BCUT2D eigenvalue weighted by Crippen LogP contribution is -2.23. The van der Waals surface area contributed by atoms with Gasteiger partial charge < -0.3 is 14.6 Å². The summed E-state index contributed by atoms with van der Waals surface area (Å²) in [7, 11) is -0.689. The molecule has 29 heavy (non-hydrogen) atoms. The van der Waals surface area contributed by atoms with Crippen LogP contribution in [0, 0.1) is 6.92 Å². The summed E-state index contributed by atoms with van der Waals surface area (Å²) >= 11 is 0. The molecule has 1 N–H and O–H groups in total. The molecule has 0 amide bonds. The van der Waals surface area contributed by atoms with Gasteiger partial charge in [0.1, 0.15) is 10.6 Å². The highest BCUT2D eigenvalue weighted by Gasteiger charge is 2.23. The lowest BCUT2D eigenvalue weighted by molar-refractivity contribution is 0.330. The zero-order valence-electron chi connectivity index (χ0n) is 16.8. The SMILES string of the molecule is CCOc1ccc(NCc2nc(-c3ccc(C)cc3)no2)cc1S(=O)(=O)N(C)C. The normalized spacial score (nSPS) is 11.6. The first-order valence-electron chi connectivity index (χ1n) is 9.14. The molecule has 154 valence electrons. The van der Waals surface area contributed by atoms with Crippen LogP contribution in [0.3, 0.4) is 0 Å². The van der Waals surface area contributed by atoms with Crippen LogP contribution >= 0.6 is 0 Å². The minimum absolute atomic E-state index is 0.0974. The first-order chi connectivity index (χ1) is 13.8. The van der Waals surface area contributed by atoms with Gasteiger partial charge in [0.25, 0.3) is 0 Å². The van der Waals surface area contributed by atoms with Gasteiger partial charge in [0.05, 0.1) is 13.2 Å². The van der Waals surface area contributed by atoms with E-state index in [2.05, 4.69) is 15.5 Å². The van der Waals surface area contributed by atoms with E-state index >= 15 is 0 Å². The van der Waals surface area contributed by atoms with E-state index in [4.69, 9.17) is 9.26 Å². The Balaban J connectivity index is 1.78. The molecule has 3 aromatic rings. The van der Waals surface area contributed by atoms with E-state index < -0.39 is 10.0 Å². The Morgan fingerprint density at radius 1 is 1.14 bits per heavy atom. The first-order valence-corrected chi connectivity index (χ1v) is 10.6. The van der Waals surface area contributed by atoms with Crippen LogP contribution in [0.1, 0.15) is 18.4 Å². The van der Waals surface area contributed by atoms with Crippen LogP contribution in [0.5, 0.6) is 5.75 Å². The zero-order valence-corrected chi connectivity index (χ0v) is 17.7. The van der Waals surface area contributed by atoms with Crippen molar-refractivity contribution in [3.05, 3.63) is 53.9 Å². The summed E-state index contributed by atoms with van der Waals surface area (Å²) in [6.07, 6.45) is 0. The maximum absolute atomic E-state index is 12.6. The maximum Gasteiger partial charge on any atom is 0.246 e. The van der Waals surface area contributed by atoms with Crippen LogP contribution in [-0.4, -0.2) is 43.6 Å². The van der Waals surface area contributed by atoms with Gasteiger partial charge in [0, 0.05) is 25.3 Å². The molecule has 0 aliphatic heterocycles. The second-order valence-electron chi connectivity index (χ2n) is 6.61. The standard InChI is InChI=1S/C20H24N4O4S/c1-5-27-17-11-10-16(12-18(17)29(25,26)24(3)4)21-13-19-22-20(23-28-19)15-8-6-14(2)7-9-15/h6-12,21H,5,13H2,1-4H3. The summed E-state index contributed by atoms with van der Waals surface area (Å²) in [6.45, 7) is 4.44. The van der Waals surface area contributed by atoms with Crippen molar-refractivity contribution in [2.75, 3.05) is 26.0 Å². The second kappa shape index (κ2) is 8.62. The Morgan fingerprint density at radius 3 is 2.52 bits per heavy atom. The van der Waals surface area contributed by atoms with E-state index in [1.165, 1.54) is 20.2 Å². The number of rotatable bonds is 8. The van der Waals surface area contributed by atoms with Crippen LogP contribution in [0.2, 0.25) is 0 Å². The molecule has 0 fully saturated rings. The minimum Gasteiger partial charge on any atom is -0.492 e. The monoisotopic (exact) mass is 416 g/mol. The third-order valence-electron chi connectivity index (χ3n) is 4.22. The first kappa shape index (κ1) is 20.8. The third kappa shape index (κ3) is 4.75. The summed E-state index contributed by atoms with van der Waals surface area (Å²) in [4.78, 5) is 4.48. The fraction of sp³-hybridized carbons (Fsp3) is 0.300. The highest BCUT2D eigenvalue weighted by atomic mass is 32.2. The highest BCUT2D eigenvalue weighted by Crippen LogP contribution is 2.29. The van der Waals surface area contributed by atoms with Gasteiger partial charge in [-0.2, -0.15) is 4.98 Å². The summed E-state index contributed by atoms with van der Waals surface area (Å²) in [6, 6.07) is 12.7. The number of nitrogens with one attached hydrogen (secondary N) is 1. The third-order valence-corrected chi connectivity index (χ3v) is 6.06. The molecule has 0 unspecified atom stereocenters. The predicted octanol–water partition coefficient (Wildman–Crippen LogP) is 3.31. The summed E-state index contributed by atoms with van der Waals surface area (Å²) in [5.74, 6) is 1.21. The van der Waals surface area contributed by atoms with Crippen LogP contribution in [-0.2, 0) is 16.6 Å². The van der Waals surface area contributed by atoms with Crippen molar-refractivity contribution in [2.24, 2.45) is 0 Å². The molecule has 0 saturated heterocycles. The highest BCUT2D eigenvalue weighted by molar-refractivity contribution is 7.89. The van der Waals surface area contributed by atoms with Gasteiger partial charge >= 0.3 is 0 Å². The number of hydrogen-bond donors (Lipinski definition) is 1. The molecule has 2 aromatic carbocycles. The molecular formula is C20H24N4O4S. The van der Waals surface area contributed by atoms with E-state index in [0.717, 1.165) is 15.4 Å². The number of ether oxygens (including phenoxy) is 1. The maximum atomic E-state index is 12.6. The van der Waals surface area contributed by atoms with E-state index in [9.17, 15) is 8.42 Å². The average molecular weight is 417 g/mol. The van der Waals surface area contributed by atoms with Gasteiger partial charge in [-0.05, 0) is 32.0 Å². The van der Waals surface area contributed by atoms with Crippen LogP contribution in [0.25, 0.3) is 11.4 Å². The van der Waals surface area contributed by atoms with Crippen LogP contribution in [0.15, 0.2) is 51.9 Å². The molecule has 0 bridgehead atoms. The minimum atomic E-state index is -3.65. The molecule has 0 aliphatic carbocycles. The number of sulfonamides is 1. The predicted molar refractivity (Wildman–Crippen MR) is 110 cm³/mol. The van der Waals surface area contributed by atoms with Gasteiger partial charge in [0.2, 0.25) is 21.7 Å². The summed E-state index contributed by atoms with van der Waals surface area (Å²) in [5.41, 5.74) is 2.62. The number of aromatic nitrogens is 2. The Kier molecular flexibility index (Phi) is 6.19. The van der Waals surface area contributed by atoms with Crippen molar-refractivity contribution in [3.8, 4) is 17.1 Å². The van der Waals surface area contributed by atoms with Crippen molar-refractivity contribution in [3.63, 3.8) is 0 Å². The van der Waals surface area contributed by atoms with Gasteiger partial charge in [-0.15, -0.1) is 0 Å². The zero-order chi connectivity index (χ0) is 21.0. The molecule has 3 rings (SSSR count). The fourth-order valence-electron chi connectivity index (χ4n) is 2.62. The molecule has 0 atom stereocenters. The van der Waals surface area contributed by atoms with Crippen molar-refractivity contribution in [1.29, 1.82) is 0 Å². The van der Waals surface area contributed by atoms with E-state index in [-0.39, 0.29) is 11.4 Å².